The highest BCUT2D eigenvalue weighted by molar-refractivity contribution is 9.10. The van der Waals surface area contributed by atoms with E-state index in [9.17, 15) is 27.6 Å². The van der Waals surface area contributed by atoms with Crippen molar-refractivity contribution in [3.63, 3.8) is 0 Å². The van der Waals surface area contributed by atoms with Gasteiger partial charge in [0.05, 0.1) is 29.2 Å². The molecule has 344 valence electrons. The molecule has 13 nitrogen and oxygen atoms in total. The summed E-state index contributed by atoms with van der Waals surface area (Å²) in [5.41, 5.74) is 4.38. The molecule has 0 amide bonds. The highest BCUT2D eigenvalue weighted by Gasteiger charge is 2.39. The van der Waals surface area contributed by atoms with Crippen LogP contribution in [0.1, 0.15) is 97.9 Å². The molecule has 0 bridgehead atoms. The van der Waals surface area contributed by atoms with Crippen molar-refractivity contribution in [3.8, 4) is 0 Å². The summed E-state index contributed by atoms with van der Waals surface area (Å²) in [6.45, 7) is 16.4. The average Bonchev–Trinajstić information content (AvgIpc) is 3.53. The van der Waals surface area contributed by atoms with E-state index < -0.39 is 18.4 Å². The Morgan fingerprint density at radius 2 is 1.11 bits per heavy atom. The van der Waals surface area contributed by atoms with Crippen LogP contribution < -0.4 is 0 Å². The van der Waals surface area contributed by atoms with Gasteiger partial charge in [-0.25, -0.2) is 8.42 Å². The van der Waals surface area contributed by atoms with Crippen molar-refractivity contribution >= 4 is 119 Å². The van der Waals surface area contributed by atoms with Gasteiger partial charge in [0.2, 0.25) is 0 Å². The molecule has 2 aliphatic rings. The van der Waals surface area contributed by atoms with E-state index in [0.29, 0.717) is 45.7 Å². The van der Waals surface area contributed by atoms with Crippen LogP contribution in [0.2, 0.25) is 0 Å². The summed E-state index contributed by atoms with van der Waals surface area (Å²) in [4.78, 5) is 53.6. The van der Waals surface area contributed by atoms with Crippen LogP contribution in [-0.2, 0) is 63.4 Å². The monoisotopic (exact) mass is 1110 g/mol. The maximum atomic E-state index is 13.1. The Morgan fingerprint density at radius 1 is 0.714 bits per heavy atom. The minimum absolute atomic E-state index is 0.00702. The molecule has 4 aromatic rings. The molecule has 2 aliphatic carbocycles. The number of Topliss-reactive ketones (excluding diaryl/α,β-unsaturated/α-hetero) is 2. The number of carbonyl (C=O) groups excluding carboxylic acids is 4. The highest BCUT2D eigenvalue weighted by atomic mass is 79.9. The van der Waals surface area contributed by atoms with Crippen molar-refractivity contribution < 1.29 is 50.0 Å². The standard InChI is InChI=1S/C21H23BrClNO5S2.C21H24BrNO3S.ClHO3S/c1-5-29-18(26)11-24-12(2)20(19-14(24)9-21(3,4)10-15(19)25)30-16-7-6-13(22)8-17(16)31(23,27)28;1-5-26-18(25)12-23-13(2)20(27-15-8-6-14(22)7-9-15)19-16(23)10-21(3,4)11-17(19)24;1-5(2,3)4/h6-8H,5,9-11H2,1-4H3;6-9H,5,10-12H2,1-4H3;(H,2,3,4). The molecular formula is C42H48Br2Cl2N2O11S4. The molecule has 0 atom stereocenters. The number of nitrogens with zero attached hydrogens (tertiary/aromatic N) is 2. The number of aromatic nitrogens is 2. The van der Waals surface area contributed by atoms with Gasteiger partial charge in [0.1, 0.15) is 13.1 Å². The van der Waals surface area contributed by atoms with E-state index in [1.54, 1.807) is 37.7 Å². The van der Waals surface area contributed by atoms with E-state index in [1.165, 1.54) is 17.8 Å². The number of esters is 2. The third-order valence-corrected chi connectivity index (χ3v) is 14.9. The van der Waals surface area contributed by atoms with E-state index in [0.717, 1.165) is 49.0 Å². The molecular weight excluding hydrogens is 1070 g/mol. The topological polar surface area (TPSA) is 185 Å². The Hall–Kier alpha value is -2.62. The lowest BCUT2D eigenvalue weighted by Gasteiger charge is -2.30. The van der Waals surface area contributed by atoms with E-state index in [1.807, 2.05) is 61.1 Å². The number of ketones is 2. The lowest BCUT2D eigenvalue weighted by atomic mass is 9.76. The van der Waals surface area contributed by atoms with Crippen LogP contribution in [0.5, 0.6) is 0 Å². The van der Waals surface area contributed by atoms with Crippen LogP contribution in [0.3, 0.4) is 0 Å². The summed E-state index contributed by atoms with van der Waals surface area (Å²) >= 11 is 9.50. The van der Waals surface area contributed by atoms with Gasteiger partial charge < -0.3 is 18.6 Å². The number of rotatable bonds is 11. The Bertz CT molecular complexity index is 2630. The fourth-order valence-electron chi connectivity index (χ4n) is 7.40. The number of ether oxygens (including phenoxy) is 2. The maximum Gasteiger partial charge on any atom is 0.353 e. The van der Waals surface area contributed by atoms with Crippen molar-refractivity contribution in [1.29, 1.82) is 0 Å². The Balaban J connectivity index is 0.000000252. The van der Waals surface area contributed by atoms with Gasteiger partial charge in [-0.05, 0) is 93.8 Å². The summed E-state index contributed by atoms with van der Waals surface area (Å²) in [6.07, 6.45) is 2.29. The summed E-state index contributed by atoms with van der Waals surface area (Å²) in [5.74, 6) is -0.517. The predicted octanol–water partition coefficient (Wildman–Crippen LogP) is 10.8. The molecule has 1 N–H and O–H groups in total. The largest absolute Gasteiger partial charge is 0.465 e. The van der Waals surface area contributed by atoms with Crippen molar-refractivity contribution in [2.45, 2.75) is 119 Å². The number of fused-ring (bicyclic) bond motifs is 2. The molecule has 0 saturated heterocycles. The third-order valence-electron chi connectivity index (χ3n) is 9.88. The molecule has 21 heteroatoms. The van der Waals surface area contributed by atoms with Crippen LogP contribution in [-0.4, -0.2) is 67.2 Å². The second-order valence-electron chi connectivity index (χ2n) is 16.2. The summed E-state index contributed by atoms with van der Waals surface area (Å²) in [5, 5.41) is 0. The minimum atomic E-state index is -4.19. The fourth-order valence-corrected chi connectivity index (χ4v) is 11.9. The van der Waals surface area contributed by atoms with Gasteiger partial charge in [-0.15, -0.1) is 0 Å². The molecule has 2 heterocycles. The Morgan fingerprint density at radius 3 is 1.51 bits per heavy atom. The van der Waals surface area contributed by atoms with Gasteiger partial charge in [-0.3, -0.25) is 23.7 Å². The zero-order valence-electron chi connectivity index (χ0n) is 35.8. The van der Waals surface area contributed by atoms with E-state index in [-0.39, 0.29) is 58.9 Å². The zero-order chi connectivity index (χ0) is 47.4. The summed E-state index contributed by atoms with van der Waals surface area (Å²) in [6, 6.07) is 12.8. The quantitative estimate of drug-likeness (QED) is 0.0851. The Labute approximate surface area is 402 Å². The first-order valence-electron chi connectivity index (χ1n) is 19.4. The number of carbonyl (C=O) groups is 4. The summed E-state index contributed by atoms with van der Waals surface area (Å²) < 4.78 is 65.1. The number of hydrogen-bond acceptors (Lipinski definition) is 12. The van der Waals surface area contributed by atoms with Crippen LogP contribution in [0.25, 0.3) is 0 Å². The highest BCUT2D eigenvalue weighted by Crippen LogP contribution is 2.47. The third kappa shape index (κ3) is 14.4. The lowest BCUT2D eigenvalue weighted by Crippen LogP contribution is -2.29. The van der Waals surface area contributed by atoms with Gasteiger partial charge in [-0.2, -0.15) is 8.42 Å². The number of halogens is 4. The molecule has 6 rings (SSSR count). The normalized spacial score (nSPS) is 15.3. The van der Waals surface area contributed by atoms with Gasteiger partial charge in [0.25, 0.3) is 9.05 Å². The van der Waals surface area contributed by atoms with Crippen molar-refractivity contribution in [2.24, 2.45) is 10.8 Å². The second kappa shape index (κ2) is 21.3. The smallest absolute Gasteiger partial charge is 0.353 e. The maximum absolute atomic E-state index is 13.1. The molecule has 0 saturated carbocycles. The molecule has 63 heavy (non-hydrogen) atoms. The predicted molar refractivity (Wildman–Crippen MR) is 251 cm³/mol. The first-order valence-corrected chi connectivity index (χ1v) is 27.2. The van der Waals surface area contributed by atoms with E-state index in [2.05, 4.69) is 56.4 Å². The average molecular weight is 1120 g/mol. The summed E-state index contributed by atoms with van der Waals surface area (Å²) in [7, 11) is 1.52. The molecule has 0 fully saturated rings. The molecule has 0 unspecified atom stereocenters. The minimum Gasteiger partial charge on any atom is -0.465 e. The van der Waals surface area contributed by atoms with Crippen LogP contribution in [0.4, 0.5) is 0 Å². The first-order chi connectivity index (χ1) is 29.1. The van der Waals surface area contributed by atoms with E-state index >= 15 is 0 Å². The zero-order valence-corrected chi connectivity index (χ0v) is 43.7. The van der Waals surface area contributed by atoms with Crippen LogP contribution in [0, 0.1) is 24.7 Å². The molecule has 0 radical (unpaired) electrons. The van der Waals surface area contributed by atoms with Crippen molar-refractivity contribution in [3.05, 3.63) is 85.3 Å². The molecule has 0 spiro atoms. The SMILES string of the molecule is CCOC(=O)Cn1c(C)c(Sc2ccc(Br)cc2)c2c1CC(C)(C)CC2=O.CCOC(=O)Cn1c(C)c(Sc2ccc(Br)cc2S(=O)(=O)Cl)c2c1CC(C)(C)CC2=O.O=S(=O)(O)Cl. The van der Waals surface area contributed by atoms with Gasteiger partial charge in [-0.1, -0.05) is 83.1 Å². The number of hydrogen-bond donors (Lipinski definition) is 1. The van der Waals surface area contributed by atoms with Crippen molar-refractivity contribution in [1.82, 2.24) is 9.13 Å². The van der Waals surface area contributed by atoms with Gasteiger partial charge in [0, 0.05) is 85.5 Å². The van der Waals surface area contributed by atoms with Crippen LogP contribution >= 0.6 is 76.7 Å². The van der Waals surface area contributed by atoms with Gasteiger partial charge >= 0.3 is 21.3 Å². The molecule has 0 aliphatic heterocycles. The lowest BCUT2D eigenvalue weighted by molar-refractivity contribution is -0.144. The first kappa shape index (κ1) is 53.0. The molecule has 2 aromatic heterocycles. The van der Waals surface area contributed by atoms with E-state index in [4.69, 9.17) is 33.1 Å². The fraction of sp³-hybridized carbons (Fsp3) is 0.429. The number of benzene rings is 2. The Kier molecular flexibility index (Phi) is 18.0. The van der Waals surface area contributed by atoms with Gasteiger partial charge in [0.15, 0.2) is 11.6 Å². The second-order valence-corrected chi connectivity index (χ2v) is 24.7. The van der Waals surface area contributed by atoms with Crippen molar-refractivity contribution in [2.75, 3.05) is 13.2 Å². The van der Waals surface area contributed by atoms with Crippen LogP contribution in [0.15, 0.2) is 75.9 Å². The molecule has 2 aromatic carbocycles.